The Morgan fingerprint density at radius 2 is 1.78 bits per heavy atom. The molecule has 0 spiro atoms. The van der Waals surface area contributed by atoms with Crippen LogP contribution in [0.4, 0.5) is 8.78 Å². The second-order valence-electron chi connectivity index (χ2n) is 4.38. The van der Waals surface area contributed by atoms with Gasteiger partial charge in [0.25, 0.3) is 0 Å². The number of alkyl halides is 3. The van der Waals surface area contributed by atoms with Crippen LogP contribution in [0.2, 0.25) is 0 Å². The second-order valence-corrected chi connectivity index (χ2v) is 7.44. The van der Waals surface area contributed by atoms with E-state index < -0.39 is 15.6 Å². The Hall–Kier alpha value is -0.490. The molecule has 0 saturated heterocycles. The molecule has 18 heavy (non-hydrogen) atoms. The molecule has 1 aromatic rings. The van der Waals surface area contributed by atoms with E-state index in [0.717, 1.165) is 0 Å². The minimum absolute atomic E-state index is 0.0477. The maximum atomic E-state index is 12.6. The van der Waals surface area contributed by atoms with Crippen molar-refractivity contribution in [3.63, 3.8) is 0 Å². The normalized spacial score (nSPS) is 14.2. The number of sulfone groups is 1. The minimum Gasteiger partial charge on any atom is -0.218 e. The van der Waals surface area contributed by atoms with E-state index in [4.69, 9.17) is 0 Å². The Balaban J connectivity index is 3.16. The highest BCUT2D eigenvalue weighted by atomic mass is 79.9. The van der Waals surface area contributed by atoms with E-state index in [1.807, 2.05) is 13.8 Å². The highest BCUT2D eigenvalue weighted by Gasteiger charge is 2.29. The maximum Gasteiger partial charge on any atom is 0.341 e. The summed E-state index contributed by atoms with van der Waals surface area (Å²) >= 11 is 3.43. The van der Waals surface area contributed by atoms with Gasteiger partial charge in [-0.25, -0.2) is 8.42 Å². The average Bonchev–Trinajstić information content (AvgIpc) is 2.29. The van der Waals surface area contributed by atoms with Crippen molar-refractivity contribution in [3.05, 3.63) is 29.8 Å². The summed E-state index contributed by atoms with van der Waals surface area (Å²) in [6.07, 6.45) is 0.403. The van der Waals surface area contributed by atoms with Crippen molar-refractivity contribution < 1.29 is 17.2 Å². The van der Waals surface area contributed by atoms with Gasteiger partial charge in [-0.15, -0.1) is 0 Å². The van der Waals surface area contributed by atoms with Crippen LogP contribution >= 0.6 is 15.9 Å². The van der Waals surface area contributed by atoms with Crippen molar-refractivity contribution in [2.45, 2.75) is 35.7 Å². The number of rotatable bonds is 5. The van der Waals surface area contributed by atoms with E-state index >= 15 is 0 Å². The summed E-state index contributed by atoms with van der Waals surface area (Å²) in [7, 11) is -4.53. The monoisotopic (exact) mass is 340 g/mol. The zero-order valence-corrected chi connectivity index (χ0v) is 12.5. The van der Waals surface area contributed by atoms with Gasteiger partial charge in [-0.1, -0.05) is 48.0 Å². The van der Waals surface area contributed by atoms with Gasteiger partial charge in [-0.05, 0) is 24.0 Å². The molecule has 0 radical (unpaired) electrons. The van der Waals surface area contributed by atoms with Crippen LogP contribution in [-0.4, -0.2) is 19.0 Å². The molecule has 1 atom stereocenters. The van der Waals surface area contributed by atoms with E-state index in [2.05, 4.69) is 15.9 Å². The summed E-state index contributed by atoms with van der Waals surface area (Å²) < 4.78 is 48.2. The van der Waals surface area contributed by atoms with Crippen molar-refractivity contribution in [1.82, 2.24) is 0 Å². The SMILES string of the molecule is CC(C)C(Br)Cc1ccccc1S(=O)(=O)C(F)F. The zero-order chi connectivity index (χ0) is 13.9. The van der Waals surface area contributed by atoms with Gasteiger partial charge < -0.3 is 0 Å². The van der Waals surface area contributed by atoms with Crippen LogP contribution in [0, 0.1) is 5.92 Å². The van der Waals surface area contributed by atoms with E-state index in [1.165, 1.54) is 12.1 Å². The van der Waals surface area contributed by atoms with Crippen LogP contribution in [0.25, 0.3) is 0 Å². The summed E-state index contributed by atoms with van der Waals surface area (Å²) in [6.45, 7) is 3.95. The van der Waals surface area contributed by atoms with Crippen molar-refractivity contribution in [1.29, 1.82) is 0 Å². The first kappa shape index (κ1) is 15.6. The average molecular weight is 341 g/mol. The summed E-state index contributed by atoms with van der Waals surface area (Å²) in [6, 6.07) is 5.92. The standard InChI is InChI=1S/C12H15BrF2O2S/c1-8(2)10(13)7-9-5-3-4-6-11(9)18(16,17)12(14)15/h3-6,8,10,12H,7H2,1-2H3. The van der Waals surface area contributed by atoms with Gasteiger partial charge in [0.15, 0.2) is 0 Å². The maximum absolute atomic E-state index is 12.6. The summed E-state index contributed by atoms with van der Waals surface area (Å²) in [5.74, 6) is -3.10. The number of hydrogen-bond donors (Lipinski definition) is 0. The zero-order valence-electron chi connectivity index (χ0n) is 10.1. The van der Waals surface area contributed by atoms with Crippen LogP contribution < -0.4 is 0 Å². The molecule has 0 N–H and O–H groups in total. The van der Waals surface area contributed by atoms with Crippen molar-refractivity contribution in [3.8, 4) is 0 Å². The predicted molar refractivity (Wildman–Crippen MR) is 70.9 cm³/mol. The highest BCUT2D eigenvalue weighted by Crippen LogP contribution is 2.26. The Morgan fingerprint density at radius 3 is 2.28 bits per heavy atom. The fraction of sp³-hybridized carbons (Fsp3) is 0.500. The van der Waals surface area contributed by atoms with Crippen LogP contribution in [0.15, 0.2) is 29.2 Å². The molecule has 6 heteroatoms. The summed E-state index contributed by atoms with van der Waals surface area (Å²) in [5.41, 5.74) is 0.424. The smallest absolute Gasteiger partial charge is 0.218 e. The lowest BCUT2D eigenvalue weighted by Crippen LogP contribution is -2.17. The molecule has 1 rings (SSSR count). The number of benzene rings is 1. The summed E-state index contributed by atoms with van der Waals surface area (Å²) in [5, 5.41) is 0. The Bertz CT molecular complexity index is 501. The summed E-state index contributed by atoms with van der Waals surface area (Å²) in [4.78, 5) is -0.225. The van der Waals surface area contributed by atoms with E-state index in [-0.39, 0.29) is 15.6 Å². The third-order valence-corrected chi connectivity index (χ3v) is 5.51. The van der Waals surface area contributed by atoms with Gasteiger partial charge in [0.2, 0.25) is 9.84 Å². The predicted octanol–water partition coefficient (Wildman–Crippen LogP) is 3.64. The first-order valence-electron chi connectivity index (χ1n) is 5.50. The first-order chi connectivity index (χ1) is 8.26. The van der Waals surface area contributed by atoms with Crippen LogP contribution in [0.3, 0.4) is 0 Å². The van der Waals surface area contributed by atoms with Gasteiger partial charge in [0.1, 0.15) is 0 Å². The highest BCUT2D eigenvalue weighted by molar-refractivity contribution is 9.09. The van der Waals surface area contributed by atoms with E-state index in [9.17, 15) is 17.2 Å². The molecule has 0 saturated carbocycles. The van der Waals surface area contributed by atoms with Gasteiger partial charge in [-0.3, -0.25) is 0 Å². The molecule has 2 nitrogen and oxygen atoms in total. The molecule has 1 unspecified atom stereocenters. The fourth-order valence-corrected chi connectivity index (χ4v) is 2.82. The molecular formula is C12H15BrF2O2S. The third-order valence-electron chi connectivity index (χ3n) is 2.65. The Morgan fingerprint density at radius 1 is 1.22 bits per heavy atom. The number of halogens is 3. The topological polar surface area (TPSA) is 34.1 Å². The first-order valence-corrected chi connectivity index (χ1v) is 7.97. The molecule has 0 aliphatic rings. The second kappa shape index (κ2) is 6.10. The quantitative estimate of drug-likeness (QED) is 0.766. The van der Waals surface area contributed by atoms with Crippen LogP contribution in [0.5, 0.6) is 0 Å². The molecule has 0 heterocycles. The lowest BCUT2D eigenvalue weighted by Gasteiger charge is -2.16. The molecule has 0 amide bonds. The van der Waals surface area contributed by atoms with Gasteiger partial charge >= 0.3 is 5.76 Å². The minimum atomic E-state index is -4.53. The van der Waals surface area contributed by atoms with Crippen LogP contribution in [-0.2, 0) is 16.3 Å². The van der Waals surface area contributed by atoms with Crippen molar-refractivity contribution in [2.75, 3.05) is 0 Å². The van der Waals surface area contributed by atoms with E-state index in [0.29, 0.717) is 12.0 Å². The molecule has 0 aliphatic carbocycles. The Kier molecular flexibility index (Phi) is 5.28. The van der Waals surface area contributed by atoms with Crippen molar-refractivity contribution in [2.24, 2.45) is 5.92 Å². The largest absolute Gasteiger partial charge is 0.341 e. The lowest BCUT2D eigenvalue weighted by atomic mass is 10.0. The third kappa shape index (κ3) is 3.51. The number of hydrogen-bond acceptors (Lipinski definition) is 2. The van der Waals surface area contributed by atoms with Crippen LogP contribution in [0.1, 0.15) is 19.4 Å². The van der Waals surface area contributed by atoms with Gasteiger partial charge in [0.05, 0.1) is 4.90 Å². The molecule has 0 aliphatic heterocycles. The molecule has 0 aromatic heterocycles. The van der Waals surface area contributed by atoms with Gasteiger partial charge in [-0.2, -0.15) is 8.78 Å². The molecule has 1 aromatic carbocycles. The van der Waals surface area contributed by atoms with Gasteiger partial charge in [0, 0.05) is 4.83 Å². The fourth-order valence-electron chi connectivity index (χ4n) is 1.49. The Labute approximate surface area is 114 Å². The molecule has 0 fully saturated rings. The molecule has 102 valence electrons. The lowest BCUT2D eigenvalue weighted by molar-refractivity contribution is 0.234. The van der Waals surface area contributed by atoms with E-state index in [1.54, 1.807) is 12.1 Å². The molecular weight excluding hydrogens is 326 g/mol. The van der Waals surface area contributed by atoms with Crippen molar-refractivity contribution >= 4 is 25.8 Å². The molecule has 0 bridgehead atoms.